The predicted molar refractivity (Wildman–Crippen MR) is 78.1 cm³/mol. The Morgan fingerprint density at radius 3 is 2.42 bits per heavy atom. The van der Waals surface area contributed by atoms with Crippen LogP contribution in [0.15, 0.2) is 0 Å². The summed E-state index contributed by atoms with van der Waals surface area (Å²) in [6, 6.07) is 0.606. The van der Waals surface area contributed by atoms with Gasteiger partial charge >= 0.3 is 5.97 Å². The highest BCUT2D eigenvalue weighted by Gasteiger charge is 2.29. The number of rotatable bonds is 10. The quantitative estimate of drug-likeness (QED) is 0.617. The Kier molecular flexibility index (Phi) is 7.39. The van der Waals surface area contributed by atoms with Crippen LogP contribution in [0.2, 0.25) is 0 Å². The molecule has 0 saturated heterocycles. The number of esters is 1. The molecule has 0 spiro atoms. The van der Waals surface area contributed by atoms with Gasteiger partial charge in [0.05, 0.1) is 7.11 Å². The molecule has 1 atom stereocenters. The summed E-state index contributed by atoms with van der Waals surface area (Å²) in [7, 11) is 1.46. The fourth-order valence-electron chi connectivity index (χ4n) is 2.33. The summed E-state index contributed by atoms with van der Waals surface area (Å²) in [6.45, 7) is 9.50. The normalized spacial score (nSPS) is 16.9. The Morgan fingerprint density at radius 1 is 1.32 bits per heavy atom. The molecule has 0 aromatic heterocycles. The van der Waals surface area contributed by atoms with Gasteiger partial charge in [0.25, 0.3) is 0 Å². The molecule has 4 nitrogen and oxygen atoms in total. The van der Waals surface area contributed by atoms with Crippen molar-refractivity contribution in [1.29, 1.82) is 0 Å². The van der Waals surface area contributed by atoms with Gasteiger partial charge in [0, 0.05) is 12.6 Å². The van der Waals surface area contributed by atoms with Crippen molar-refractivity contribution in [3.05, 3.63) is 0 Å². The van der Waals surface area contributed by atoms with Crippen LogP contribution in [0.3, 0.4) is 0 Å². The maximum Gasteiger partial charge on any atom is 0.322 e. The summed E-state index contributed by atoms with van der Waals surface area (Å²) >= 11 is 0. The van der Waals surface area contributed by atoms with Gasteiger partial charge in [-0.2, -0.15) is 0 Å². The predicted octanol–water partition coefficient (Wildman–Crippen LogP) is 2.04. The van der Waals surface area contributed by atoms with Crippen molar-refractivity contribution in [2.24, 2.45) is 5.92 Å². The molecule has 0 aromatic rings. The van der Waals surface area contributed by atoms with E-state index in [0.29, 0.717) is 0 Å². The fourth-order valence-corrected chi connectivity index (χ4v) is 2.33. The highest BCUT2D eigenvalue weighted by atomic mass is 16.5. The summed E-state index contributed by atoms with van der Waals surface area (Å²) in [5, 5.41) is 3.21. The third kappa shape index (κ3) is 6.39. The molecule has 0 radical (unpaired) electrons. The minimum atomic E-state index is -0.157. The van der Waals surface area contributed by atoms with E-state index in [9.17, 15) is 4.79 Å². The van der Waals surface area contributed by atoms with Crippen LogP contribution in [0.1, 0.15) is 46.5 Å². The molecule has 1 N–H and O–H groups in total. The summed E-state index contributed by atoms with van der Waals surface area (Å²) in [5.74, 6) is 0.605. The highest BCUT2D eigenvalue weighted by Crippen LogP contribution is 2.27. The first kappa shape index (κ1) is 16.4. The van der Waals surface area contributed by atoms with Crippen LogP contribution < -0.4 is 5.32 Å². The van der Waals surface area contributed by atoms with Crippen molar-refractivity contribution in [1.82, 2.24) is 10.2 Å². The van der Waals surface area contributed by atoms with E-state index in [1.54, 1.807) is 0 Å². The van der Waals surface area contributed by atoms with Crippen LogP contribution in [0.5, 0.6) is 0 Å². The zero-order valence-corrected chi connectivity index (χ0v) is 12.9. The molecule has 112 valence electrons. The molecule has 1 aliphatic carbocycles. The number of ether oxygens (including phenoxy) is 1. The van der Waals surface area contributed by atoms with Crippen LogP contribution >= 0.6 is 0 Å². The molecule has 0 amide bonds. The van der Waals surface area contributed by atoms with Crippen molar-refractivity contribution < 1.29 is 9.53 Å². The van der Waals surface area contributed by atoms with E-state index in [1.165, 1.54) is 26.4 Å². The van der Waals surface area contributed by atoms with Gasteiger partial charge in [-0.05, 0) is 44.7 Å². The number of hydrogen-bond donors (Lipinski definition) is 1. The maximum absolute atomic E-state index is 11.7. The first-order valence-corrected chi connectivity index (χ1v) is 7.63. The van der Waals surface area contributed by atoms with E-state index >= 15 is 0 Å². The summed E-state index contributed by atoms with van der Waals surface area (Å²) < 4.78 is 4.85. The Bertz CT molecular complexity index is 265. The number of methoxy groups -OCH3 is 1. The van der Waals surface area contributed by atoms with Crippen molar-refractivity contribution >= 4 is 5.97 Å². The third-order valence-corrected chi connectivity index (χ3v) is 3.70. The minimum absolute atomic E-state index is 0.138. The van der Waals surface area contributed by atoms with E-state index in [2.05, 4.69) is 24.1 Å². The second-order valence-electron chi connectivity index (χ2n) is 5.87. The van der Waals surface area contributed by atoms with Gasteiger partial charge in [0.1, 0.15) is 6.04 Å². The van der Waals surface area contributed by atoms with E-state index in [1.807, 2.05) is 6.92 Å². The lowest BCUT2D eigenvalue weighted by molar-refractivity contribution is -0.143. The van der Waals surface area contributed by atoms with Crippen LogP contribution in [-0.4, -0.2) is 49.7 Å². The number of hydrogen-bond acceptors (Lipinski definition) is 4. The number of nitrogens with one attached hydrogen (secondary N) is 1. The molecule has 1 unspecified atom stereocenters. The van der Waals surface area contributed by atoms with Crippen LogP contribution in [0.25, 0.3) is 0 Å². The molecule has 4 heteroatoms. The number of carbonyl (C=O) groups is 1. The molecule has 0 heterocycles. The molecular formula is C15H30N2O2. The van der Waals surface area contributed by atoms with Gasteiger partial charge in [-0.15, -0.1) is 0 Å². The molecule has 1 fully saturated rings. The maximum atomic E-state index is 11.7. The van der Waals surface area contributed by atoms with Gasteiger partial charge in [-0.25, -0.2) is 0 Å². The lowest BCUT2D eigenvalue weighted by atomic mass is 10.1. The van der Waals surface area contributed by atoms with Gasteiger partial charge in [0.15, 0.2) is 0 Å². The summed E-state index contributed by atoms with van der Waals surface area (Å²) in [5.41, 5.74) is 0. The zero-order valence-electron chi connectivity index (χ0n) is 12.9. The fraction of sp³-hybridized carbons (Fsp3) is 0.933. The monoisotopic (exact) mass is 270 g/mol. The number of likely N-dealkylation sites (N-methyl/N-ethyl adjacent to an activating group) is 1. The first-order valence-electron chi connectivity index (χ1n) is 7.63. The lowest BCUT2D eigenvalue weighted by Gasteiger charge is -2.25. The SMILES string of the molecule is CCNC(CCN(CCC(C)C)C1CC1)C(=O)OC. The average molecular weight is 270 g/mol. The largest absolute Gasteiger partial charge is 0.468 e. The molecule has 1 rings (SSSR count). The Hall–Kier alpha value is -0.610. The van der Waals surface area contributed by atoms with Crippen LogP contribution in [-0.2, 0) is 9.53 Å². The summed E-state index contributed by atoms with van der Waals surface area (Å²) in [6.07, 6.45) is 4.72. The molecule has 1 aliphatic rings. The zero-order chi connectivity index (χ0) is 14.3. The number of nitrogens with zero attached hydrogens (tertiary/aromatic N) is 1. The van der Waals surface area contributed by atoms with Crippen molar-refractivity contribution in [3.63, 3.8) is 0 Å². The first-order chi connectivity index (χ1) is 9.08. The molecule has 0 bridgehead atoms. The smallest absolute Gasteiger partial charge is 0.322 e. The van der Waals surface area contributed by atoms with Crippen LogP contribution in [0.4, 0.5) is 0 Å². The standard InChI is InChI=1S/C15H30N2O2/c1-5-16-14(15(18)19-4)9-11-17(13-6-7-13)10-8-12(2)3/h12-14,16H,5-11H2,1-4H3. The molecule has 0 aromatic carbocycles. The summed E-state index contributed by atoms with van der Waals surface area (Å²) in [4.78, 5) is 14.2. The third-order valence-electron chi connectivity index (χ3n) is 3.70. The van der Waals surface area contributed by atoms with Crippen molar-refractivity contribution in [2.45, 2.75) is 58.5 Å². The second kappa shape index (κ2) is 8.54. The van der Waals surface area contributed by atoms with Crippen LogP contribution in [0, 0.1) is 5.92 Å². The van der Waals surface area contributed by atoms with Gasteiger partial charge in [-0.1, -0.05) is 20.8 Å². The molecular weight excluding hydrogens is 240 g/mol. The molecule has 1 saturated carbocycles. The second-order valence-corrected chi connectivity index (χ2v) is 5.87. The topological polar surface area (TPSA) is 41.6 Å². The van der Waals surface area contributed by atoms with Gasteiger partial charge in [0.2, 0.25) is 0 Å². The number of carbonyl (C=O) groups excluding carboxylic acids is 1. The van der Waals surface area contributed by atoms with E-state index in [4.69, 9.17) is 4.74 Å². The van der Waals surface area contributed by atoms with E-state index in [-0.39, 0.29) is 12.0 Å². The molecule has 19 heavy (non-hydrogen) atoms. The Labute approximate surface area is 117 Å². The van der Waals surface area contributed by atoms with Crippen molar-refractivity contribution in [3.8, 4) is 0 Å². The Balaban J connectivity index is 2.37. The van der Waals surface area contributed by atoms with E-state index in [0.717, 1.165) is 38.0 Å². The lowest BCUT2D eigenvalue weighted by Crippen LogP contribution is -2.41. The van der Waals surface area contributed by atoms with E-state index < -0.39 is 0 Å². The van der Waals surface area contributed by atoms with Gasteiger partial charge in [-0.3, -0.25) is 4.79 Å². The average Bonchev–Trinajstić information content (AvgIpc) is 3.20. The van der Waals surface area contributed by atoms with Crippen molar-refractivity contribution in [2.75, 3.05) is 26.7 Å². The highest BCUT2D eigenvalue weighted by molar-refractivity contribution is 5.75. The van der Waals surface area contributed by atoms with Gasteiger partial charge < -0.3 is 15.0 Å². The molecule has 0 aliphatic heterocycles. The Morgan fingerprint density at radius 2 is 1.95 bits per heavy atom. The minimum Gasteiger partial charge on any atom is -0.468 e.